The molecule has 0 spiro atoms. The van der Waals surface area contributed by atoms with Gasteiger partial charge in [-0.3, -0.25) is 0 Å². The van der Waals surface area contributed by atoms with Gasteiger partial charge in [0, 0.05) is 0 Å². The summed E-state index contributed by atoms with van der Waals surface area (Å²) in [6, 6.07) is 0. The molecule has 0 bridgehead atoms. The highest BCUT2D eigenvalue weighted by Gasteiger charge is 1.96. The van der Waals surface area contributed by atoms with E-state index in [0.717, 1.165) is 0 Å². The van der Waals surface area contributed by atoms with Gasteiger partial charge in [0.25, 0.3) is 0 Å². The Labute approximate surface area is 53.6 Å². The second kappa shape index (κ2) is 2.53. The van der Waals surface area contributed by atoms with E-state index in [1.54, 1.807) is 6.20 Å². The minimum absolute atomic E-state index is 0.185. The lowest BCUT2D eigenvalue weighted by Crippen LogP contribution is -2.04. The topological polar surface area (TPSA) is 35.3 Å². The zero-order valence-electron chi connectivity index (χ0n) is 5.50. The molecule has 0 radical (unpaired) electrons. The van der Waals surface area contributed by atoms with Gasteiger partial charge in [-0.05, 0) is 13.8 Å². The zero-order valence-corrected chi connectivity index (χ0v) is 5.50. The standard InChI is InChI=1S/C6H9NO2/c1-5(2)9-6-3-7-8-4-6/h3-5H,1-2H3. The van der Waals surface area contributed by atoms with Gasteiger partial charge in [0.05, 0.1) is 6.10 Å². The quantitative estimate of drug-likeness (QED) is 0.603. The highest BCUT2D eigenvalue weighted by molar-refractivity contribution is 5.08. The molecule has 0 unspecified atom stereocenters. The zero-order chi connectivity index (χ0) is 6.69. The predicted molar refractivity (Wildman–Crippen MR) is 32.3 cm³/mol. The third kappa shape index (κ3) is 1.76. The monoisotopic (exact) mass is 127 g/mol. The Bertz CT molecular complexity index is 158. The average molecular weight is 127 g/mol. The van der Waals surface area contributed by atoms with E-state index in [4.69, 9.17) is 4.74 Å². The fourth-order valence-corrected chi connectivity index (χ4v) is 0.526. The van der Waals surface area contributed by atoms with Gasteiger partial charge in [0.2, 0.25) is 0 Å². The van der Waals surface area contributed by atoms with Crippen molar-refractivity contribution >= 4 is 0 Å². The van der Waals surface area contributed by atoms with Crippen LogP contribution >= 0.6 is 0 Å². The third-order valence-corrected chi connectivity index (χ3v) is 0.781. The summed E-state index contributed by atoms with van der Waals surface area (Å²) < 4.78 is 9.74. The minimum atomic E-state index is 0.185. The van der Waals surface area contributed by atoms with Gasteiger partial charge in [-0.25, -0.2) is 0 Å². The minimum Gasteiger partial charge on any atom is -0.486 e. The summed E-state index contributed by atoms with van der Waals surface area (Å²) in [5.74, 6) is 0.685. The largest absolute Gasteiger partial charge is 0.486 e. The fourth-order valence-electron chi connectivity index (χ4n) is 0.526. The normalized spacial score (nSPS) is 10.1. The van der Waals surface area contributed by atoms with Crippen LogP contribution in [0.25, 0.3) is 0 Å². The molecule has 0 saturated carbocycles. The second-order valence-electron chi connectivity index (χ2n) is 2.03. The lowest BCUT2D eigenvalue weighted by molar-refractivity contribution is 0.240. The van der Waals surface area contributed by atoms with Crippen LogP contribution in [0.4, 0.5) is 0 Å². The summed E-state index contributed by atoms with van der Waals surface area (Å²) in [6.45, 7) is 3.90. The molecule has 3 heteroatoms. The van der Waals surface area contributed by atoms with Crippen LogP contribution in [0.15, 0.2) is 17.0 Å². The maximum atomic E-state index is 5.20. The maximum absolute atomic E-state index is 5.20. The van der Waals surface area contributed by atoms with Crippen molar-refractivity contribution in [1.82, 2.24) is 5.16 Å². The highest BCUT2D eigenvalue weighted by atomic mass is 16.5. The molecular formula is C6H9NO2. The number of aromatic nitrogens is 1. The summed E-state index contributed by atoms with van der Waals surface area (Å²) in [4.78, 5) is 0. The first kappa shape index (κ1) is 6.13. The van der Waals surface area contributed by atoms with E-state index in [9.17, 15) is 0 Å². The molecule has 1 aromatic rings. The van der Waals surface area contributed by atoms with E-state index in [-0.39, 0.29) is 6.10 Å². The Morgan fingerprint density at radius 2 is 2.44 bits per heavy atom. The molecule has 0 aliphatic carbocycles. The van der Waals surface area contributed by atoms with Crippen molar-refractivity contribution in [2.75, 3.05) is 0 Å². The Hall–Kier alpha value is -0.990. The molecule has 1 rings (SSSR count). The van der Waals surface area contributed by atoms with Crippen LogP contribution in [0.2, 0.25) is 0 Å². The number of rotatable bonds is 2. The van der Waals surface area contributed by atoms with Crippen LogP contribution < -0.4 is 4.74 Å². The molecule has 9 heavy (non-hydrogen) atoms. The first-order chi connectivity index (χ1) is 4.29. The van der Waals surface area contributed by atoms with Crippen molar-refractivity contribution in [3.63, 3.8) is 0 Å². The summed E-state index contributed by atoms with van der Waals surface area (Å²) in [5, 5.41) is 3.48. The lowest BCUT2D eigenvalue weighted by atomic mass is 10.5. The molecule has 50 valence electrons. The van der Waals surface area contributed by atoms with Gasteiger partial charge < -0.3 is 9.26 Å². The number of hydrogen-bond donors (Lipinski definition) is 0. The van der Waals surface area contributed by atoms with E-state index < -0.39 is 0 Å². The predicted octanol–water partition coefficient (Wildman–Crippen LogP) is 1.46. The molecule has 1 aromatic heterocycles. The second-order valence-corrected chi connectivity index (χ2v) is 2.03. The maximum Gasteiger partial charge on any atom is 0.179 e. The molecule has 0 aliphatic heterocycles. The first-order valence-electron chi connectivity index (χ1n) is 2.85. The summed E-state index contributed by atoms with van der Waals surface area (Å²) in [7, 11) is 0. The van der Waals surface area contributed by atoms with Crippen molar-refractivity contribution in [3.05, 3.63) is 12.5 Å². The van der Waals surface area contributed by atoms with Crippen LogP contribution in [0.5, 0.6) is 5.75 Å². The molecule has 0 saturated heterocycles. The van der Waals surface area contributed by atoms with Crippen LogP contribution in [-0.4, -0.2) is 11.3 Å². The Kier molecular flexibility index (Phi) is 1.72. The van der Waals surface area contributed by atoms with Crippen molar-refractivity contribution < 1.29 is 9.26 Å². The third-order valence-electron chi connectivity index (χ3n) is 0.781. The summed E-state index contributed by atoms with van der Waals surface area (Å²) in [6.07, 6.45) is 3.20. The van der Waals surface area contributed by atoms with Crippen LogP contribution in [-0.2, 0) is 0 Å². The Balaban J connectivity index is 2.48. The average Bonchev–Trinajstić information content (AvgIpc) is 2.15. The Morgan fingerprint density at radius 1 is 1.67 bits per heavy atom. The van der Waals surface area contributed by atoms with Crippen LogP contribution in [0.1, 0.15) is 13.8 Å². The smallest absolute Gasteiger partial charge is 0.179 e. The van der Waals surface area contributed by atoms with Crippen LogP contribution in [0, 0.1) is 0 Å². The number of nitrogens with zero attached hydrogens (tertiary/aromatic N) is 1. The van der Waals surface area contributed by atoms with E-state index in [1.165, 1.54) is 6.26 Å². The molecule has 0 atom stereocenters. The van der Waals surface area contributed by atoms with Crippen molar-refractivity contribution in [3.8, 4) is 5.75 Å². The molecular weight excluding hydrogens is 118 g/mol. The lowest BCUT2D eigenvalue weighted by Gasteiger charge is -2.03. The molecule has 0 fully saturated rings. The van der Waals surface area contributed by atoms with Gasteiger partial charge in [-0.2, -0.15) is 0 Å². The van der Waals surface area contributed by atoms with Crippen molar-refractivity contribution in [2.45, 2.75) is 20.0 Å². The van der Waals surface area contributed by atoms with Crippen LogP contribution in [0.3, 0.4) is 0 Å². The van der Waals surface area contributed by atoms with Gasteiger partial charge in [-0.1, -0.05) is 5.16 Å². The van der Waals surface area contributed by atoms with Crippen molar-refractivity contribution in [2.24, 2.45) is 0 Å². The van der Waals surface area contributed by atoms with E-state index >= 15 is 0 Å². The molecule has 0 aliphatic rings. The number of hydrogen-bond acceptors (Lipinski definition) is 3. The van der Waals surface area contributed by atoms with Crippen molar-refractivity contribution in [1.29, 1.82) is 0 Å². The van der Waals surface area contributed by atoms with E-state index in [0.29, 0.717) is 5.75 Å². The molecule has 0 amide bonds. The SMILES string of the molecule is CC(C)Oc1cnoc1. The van der Waals surface area contributed by atoms with Gasteiger partial charge in [-0.15, -0.1) is 0 Å². The van der Waals surface area contributed by atoms with Gasteiger partial charge in [0.1, 0.15) is 6.20 Å². The van der Waals surface area contributed by atoms with Gasteiger partial charge >= 0.3 is 0 Å². The van der Waals surface area contributed by atoms with E-state index in [2.05, 4.69) is 9.68 Å². The highest BCUT2D eigenvalue weighted by Crippen LogP contribution is 2.08. The molecule has 0 aromatic carbocycles. The van der Waals surface area contributed by atoms with E-state index in [1.807, 2.05) is 13.8 Å². The fraction of sp³-hybridized carbons (Fsp3) is 0.500. The Morgan fingerprint density at radius 3 is 2.89 bits per heavy atom. The number of ether oxygens (including phenoxy) is 1. The first-order valence-corrected chi connectivity index (χ1v) is 2.85. The molecule has 3 nitrogen and oxygen atoms in total. The summed E-state index contributed by atoms with van der Waals surface area (Å²) >= 11 is 0. The molecule has 0 N–H and O–H groups in total. The van der Waals surface area contributed by atoms with Gasteiger partial charge in [0.15, 0.2) is 12.0 Å². The molecule has 1 heterocycles. The summed E-state index contributed by atoms with van der Waals surface area (Å²) in [5.41, 5.74) is 0.